The molecule has 2 aromatic carbocycles. The van der Waals surface area contributed by atoms with Gasteiger partial charge in [0.25, 0.3) is 5.56 Å². The van der Waals surface area contributed by atoms with E-state index in [0.717, 1.165) is 25.7 Å². The molecular weight excluding hydrogens is 432 g/mol. The maximum atomic E-state index is 12.1. The van der Waals surface area contributed by atoms with Crippen LogP contribution in [0.15, 0.2) is 58.4 Å². The van der Waals surface area contributed by atoms with Gasteiger partial charge in [0.15, 0.2) is 9.84 Å². The molecule has 0 aliphatic carbocycles. The number of nitrogens with one attached hydrogen (secondary N) is 1. The summed E-state index contributed by atoms with van der Waals surface area (Å²) in [6.45, 7) is 2.92. The molecule has 9 heteroatoms. The summed E-state index contributed by atoms with van der Waals surface area (Å²) in [7, 11) is -3.30. The molecule has 1 atom stereocenters. The number of benzene rings is 2. The molecule has 4 rings (SSSR count). The van der Waals surface area contributed by atoms with E-state index in [1.165, 1.54) is 18.3 Å². The van der Waals surface area contributed by atoms with E-state index in [9.17, 15) is 13.2 Å². The number of H-pyrrole nitrogens is 1. The number of sulfone groups is 1. The first-order chi connectivity index (χ1) is 15.3. The van der Waals surface area contributed by atoms with Gasteiger partial charge in [0.05, 0.1) is 11.5 Å². The Balaban J connectivity index is 1.67. The van der Waals surface area contributed by atoms with Crippen LogP contribution in [0.25, 0.3) is 11.4 Å². The Hall–Kier alpha value is -3.17. The summed E-state index contributed by atoms with van der Waals surface area (Å²) in [6.07, 6.45) is 4.40. The third kappa shape index (κ3) is 5.35. The summed E-state index contributed by atoms with van der Waals surface area (Å²) in [5.41, 5.74) is 0.919. The number of aryl methyl sites for hydroxylation is 1. The summed E-state index contributed by atoms with van der Waals surface area (Å²) in [6, 6.07) is 11.4. The van der Waals surface area contributed by atoms with Crippen molar-refractivity contribution in [3.05, 3.63) is 64.6 Å². The third-order valence-corrected chi connectivity index (χ3v) is 6.17. The molecule has 1 saturated heterocycles. The van der Waals surface area contributed by atoms with Crippen LogP contribution >= 0.6 is 0 Å². The maximum absolute atomic E-state index is 12.1. The SMILES string of the molecule is Cc1cnc(-c2cc(Oc3ccc(S(C)(=O)=O)cc3)cc(OC3CCCOC3)c2)[nH]c1=O. The summed E-state index contributed by atoms with van der Waals surface area (Å²) in [4.78, 5) is 19.4. The molecule has 3 aromatic rings. The number of rotatable bonds is 6. The quantitative estimate of drug-likeness (QED) is 0.605. The van der Waals surface area contributed by atoms with Crippen LogP contribution in [0.4, 0.5) is 0 Å². The van der Waals surface area contributed by atoms with Crippen molar-refractivity contribution < 1.29 is 22.6 Å². The molecule has 1 aromatic heterocycles. The van der Waals surface area contributed by atoms with E-state index in [0.29, 0.717) is 40.8 Å². The van der Waals surface area contributed by atoms with Gasteiger partial charge < -0.3 is 19.2 Å². The molecule has 0 bridgehead atoms. The van der Waals surface area contributed by atoms with Crippen molar-refractivity contribution in [3.63, 3.8) is 0 Å². The second-order valence-corrected chi connectivity index (χ2v) is 9.76. The van der Waals surface area contributed by atoms with E-state index in [-0.39, 0.29) is 16.6 Å². The van der Waals surface area contributed by atoms with Crippen LogP contribution < -0.4 is 15.0 Å². The molecule has 0 spiro atoms. The second-order valence-electron chi connectivity index (χ2n) is 7.74. The highest BCUT2D eigenvalue weighted by Crippen LogP contribution is 2.32. The molecule has 32 heavy (non-hydrogen) atoms. The lowest BCUT2D eigenvalue weighted by Crippen LogP contribution is -2.28. The Morgan fingerprint density at radius 3 is 2.50 bits per heavy atom. The third-order valence-electron chi connectivity index (χ3n) is 5.04. The molecule has 168 valence electrons. The van der Waals surface area contributed by atoms with E-state index < -0.39 is 9.84 Å². The molecule has 1 fully saturated rings. The van der Waals surface area contributed by atoms with Crippen LogP contribution in [-0.4, -0.2) is 44.0 Å². The summed E-state index contributed by atoms with van der Waals surface area (Å²) >= 11 is 0. The molecular formula is C23H24N2O6S. The highest BCUT2D eigenvalue weighted by atomic mass is 32.2. The molecule has 0 amide bonds. The standard InChI is InChI=1S/C23H24N2O6S/c1-15-13-24-22(25-23(15)26)16-10-19(12-20(11-16)31-18-4-3-9-29-14-18)30-17-5-7-21(8-6-17)32(2,27)28/h5-8,10-13,18H,3-4,9,14H2,1-2H3,(H,24,25,26). The minimum Gasteiger partial charge on any atom is -0.488 e. The Bertz CT molecular complexity index is 1260. The van der Waals surface area contributed by atoms with Gasteiger partial charge in [-0.3, -0.25) is 4.79 Å². The van der Waals surface area contributed by atoms with Crippen LogP contribution in [0.2, 0.25) is 0 Å². The van der Waals surface area contributed by atoms with Crippen molar-refractivity contribution in [2.45, 2.75) is 30.8 Å². The van der Waals surface area contributed by atoms with Crippen LogP contribution in [0.3, 0.4) is 0 Å². The number of aromatic amines is 1. The normalized spacial score (nSPS) is 16.5. The minimum atomic E-state index is -3.30. The van der Waals surface area contributed by atoms with Gasteiger partial charge in [-0.25, -0.2) is 13.4 Å². The largest absolute Gasteiger partial charge is 0.488 e. The van der Waals surface area contributed by atoms with Crippen molar-refractivity contribution in [1.29, 1.82) is 0 Å². The molecule has 8 nitrogen and oxygen atoms in total. The summed E-state index contributed by atoms with van der Waals surface area (Å²) in [5, 5.41) is 0. The van der Waals surface area contributed by atoms with E-state index in [4.69, 9.17) is 14.2 Å². The highest BCUT2D eigenvalue weighted by Gasteiger charge is 2.17. The number of nitrogens with zero attached hydrogens (tertiary/aromatic N) is 1. The highest BCUT2D eigenvalue weighted by molar-refractivity contribution is 7.90. The predicted molar refractivity (Wildman–Crippen MR) is 119 cm³/mol. The fraction of sp³-hybridized carbons (Fsp3) is 0.304. The van der Waals surface area contributed by atoms with Gasteiger partial charge >= 0.3 is 0 Å². The zero-order valence-electron chi connectivity index (χ0n) is 17.8. The van der Waals surface area contributed by atoms with Gasteiger partial charge in [-0.05, 0) is 56.2 Å². The van der Waals surface area contributed by atoms with Crippen molar-refractivity contribution >= 4 is 9.84 Å². The van der Waals surface area contributed by atoms with Gasteiger partial charge in [0.1, 0.15) is 29.2 Å². The monoisotopic (exact) mass is 456 g/mol. The summed E-state index contributed by atoms with van der Waals surface area (Å²) in [5.74, 6) is 1.88. The van der Waals surface area contributed by atoms with Crippen molar-refractivity contribution in [2.75, 3.05) is 19.5 Å². The van der Waals surface area contributed by atoms with Crippen LogP contribution in [0.5, 0.6) is 17.2 Å². The van der Waals surface area contributed by atoms with E-state index >= 15 is 0 Å². The first kappa shape index (κ1) is 22.0. The van der Waals surface area contributed by atoms with Gasteiger partial charge in [0, 0.05) is 36.3 Å². The Morgan fingerprint density at radius 2 is 1.84 bits per heavy atom. The summed E-state index contributed by atoms with van der Waals surface area (Å²) < 4.78 is 40.9. The fourth-order valence-electron chi connectivity index (χ4n) is 3.33. The lowest BCUT2D eigenvalue weighted by Gasteiger charge is -2.23. The molecule has 0 radical (unpaired) electrons. The Labute approximate surface area is 186 Å². The van der Waals surface area contributed by atoms with Gasteiger partial charge in [-0.2, -0.15) is 0 Å². The molecule has 1 unspecified atom stereocenters. The average Bonchev–Trinajstić information content (AvgIpc) is 2.76. The van der Waals surface area contributed by atoms with E-state index in [1.807, 2.05) is 0 Å². The molecule has 0 saturated carbocycles. The molecule has 1 aliphatic rings. The van der Waals surface area contributed by atoms with E-state index in [1.54, 1.807) is 37.3 Å². The van der Waals surface area contributed by atoms with E-state index in [2.05, 4.69) is 9.97 Å². The first-order valence-electron chi connectivity index (χ1n) is 10.2. The maximum Gasteiger partial charge on any atom is 0.254 e. The molecule has 1 aliphatic heterocycles. The number of hydrogen-bond acceptors (Lipinski definition) is 7. The first-order valence-corrected chi connectivity index (χ1v) is 12.1. The minimum absolute atomic E-state index is 0.0779. The Kier molecular flexibility index (Phi) is 6.29. The van der Waals surface area contributed by atoms with Crippen molar-refractivity contribution in [1.82, 2.24) is 9.97 Å². The van der Waals surface area contributed by atoms with Crippen LogP contribution in [0, 0.1) is 6.92 Å². The average molecular weight is 457 g/mol. The zero-order valence-corrected chi connectivity index (χ0v) is 18.6. The lowest BCUT2D eigenvalue weighted by molar-refractivity contribution is 0.00739. The predicted octanol–water partition coefficient (Wildman–Crippen LogP) is 3.50. The number of hydrogen-bond donors (Lipinski definition) is 1. The van der Waals surface area contributed by atoms with Gasteiger partial charge in [-0.1, -0.05) is 0 Å². The Morgan fingerprint density at radius 1 is 1.09 bits per heavy atom. The molecule has 2 heterocycles. The fourth-order valence-corrected chi connectivity index (χ4v) is 3.96. The number of ether oxygens (including phenoxy) is 3. The van der Waals surface area contributed by atoms with Crippen molar-refractivity contribution in [2.24, 2.45) is 0 Å². The zero-order chi connectivity index (χ0) is 22.7. The van der Waals surface area contributed by atoms with Crippen LogP contribution in [-0.2, 0) is 14.6 Å². The van der Waals surface area contributed by atoms with Gasteiger partial charge in [0.2, 0.25) is 0 Å². The lowest BCUT2D eigenvalue weighted by atomic mass is 10.1. The topological polar surface area (TPSA) is 108 Å². The smallest absolute Gasteiger partial charge is 0.254 e. The van der Waals surface area contributed by atoms with Crippen molar-refractivity contribution in [3.8, 4) is 28.6 Å². The number of aromatic nitrogens is 2. The van der Waals surface area contributed by atoms with Gasteiger partial charge in [-0.15, -0.1) is 0 Å². The molecule has 1 N–H and O–H groups in total. The second kappa shape index (κ2) is 9.13. The van der Waals surface area contributed by atoms with Crippen LogP contribution in [0.1, 0.15) is 18.4 Å².